The van der Waals surface area contributed by atoms with Crippen LogP contribution in [0.2, 0.25) is 0 Å². The molecule has 2 aromatic carbocycles. The van der Waals surface area contributed by atoms with Gasteiger partial charge in [0.25, 0.3) is 5.91 Å². The van der Waals surface area contributed by atoms with Crippen molar-refractivity contribution in [3.8, 4) is 5.75 Å². The quantitative estimate of drug-likeness (QED) is 0.345. The maximum absolute atomic E-state index is 12.8. The second kappa shape index (κ2) is 11.0. The van der Waals surface area contributed by atoms with Crippen molar-refractivity contribution in [2.75, 3.05) is 13.2 Å². The Hall–Kier alpha value is -3.85. The van der Waals surface area contributed by atoms with Gasteiger partial charge < -0.3 is 9.84 Å². The van der Waals surface area contributed by atoms with Crippen molar-refractivity contribution in [2.24, 2.45) is 5.10 Å². The predicted octanol–water partition coefficient (Wildman–Crippen LogP) is 2.88. The van der Waals surface area contributed by atoms with Crippen LogP contribution in [-0.2, 0) is 20.8 Å². The summed E-state index contributed by atoms with van der Waals surface area (Å²) in [6.45, 7) is 3.49. The van der Waals surface area contributed by atoms with E-state index in [-0.39, 0.29) is 24.8 Å². The lowest BCUT2D eigenvalue weighted by Gasteiger charge is -2.12. The van der Waals surface area contributed by atoms with Crippen molar-refractivity contribution in [1.82, 2.24) is 10.3 Å². The van der Waals surface area contributed by atoms with E-state index in [2.05, 4.69) is 17.1 Å². The highest BCUT2D eigenvalue weighted by Crippen LogP contribution is 2.32. The molecule has 0 bridgehead atoms. The van der Waals surface area contributed by atoms with E-state index in [4.69, 9.17) is 9.84 Å². The van der Waals surface area contributed by atoms with Crippen molar-refractivity contribution in [3.05, 3.63) is 83.3 Å². The van der Waals surface area contributed by atoms with E-state index in [9.17, 15) is 14.4 Å². The fourth-order valence-electron chi connectivity index (χ4n) is 2.77. The highest BCUT2D eigenvalue weighted by atomic mass is 32.2. The summed E-state index contributed by atoms with van der Waals surface area (Å²) in [5.41, 5.74) is 4.10. The highest BCUT2D eigenvalue weighted by Gasteiger charge is 2.32. The summed E-state index contributed by atoms with van der Waals surface area (Å²) >= 11 is 1.14. The van der Waals surface area contributed by atoms with Gasteiger partial charge in [-0.05, 0) is 41.1 Å². The maximum atomic E-state index is 12.8. The number of carboxylic acids is 1. The Kier molecular flexibility index (Phi) is 7.82. The van der Waals surface area contributed by atoms with Crippen LogP contribution >= 0.6 is 11.8 Å². The van der Waals surface area contributed by atoms with Crippen LogP contribution in [0, 0.1) is 0 Å². The standard InChI is InChI=1S/C23H21N3O5S/c1-2-12-26-22(30)19(13-17-8-10-18(11-9-17)31-15-21(28)29)32-23(26)25-24-20(27)14-16-6-4-3-5-7-16/h2-11,13H,1,12,14-15H2,(H,24,27)(H,28,29)/b19-13-,25-23+. The third-order valence-electron chi connectivity index (χ3n) is 4.22. The molecule has 0 unspecified atom stereocenters. The molecule has 1 aliphatic rings. The third-order valence-corrected chi connectivity index (χ3v) is 5.23. The van der Waals surface area contributed by atoms with Crippen LogP contribution in [0.3, 0.4) is 0 Å². The monoisotopic (exact) mass is 451 g/mol. The Bertz CT molecular complexity index is 1060. The minimum Gasteiger partial charge on any atom is -0.482 e. The molecule has 1 fully saturated rings. The SMILES string of the molecule is C=CCN1C(=O)/C(=C/c2ccc(OCC(=O)O)cc2)S/C1=N/NC(=O)Cc1ccccc1. The summed E-state index contributed by atoms with van der Waals surface area (Å²) in [6, 6.07) is 16.0. The number of nitrogens with one attached hydrogen (secondary N) is 1. The topological polar surface area (TPSA) is 108 Å². The molecule has 2 aromatic rings. The van der Waals surface area contributed by atoms with Crippen molar-refractivity contribution in [2.45, 2.75) is 6.42 Å². The lowest BCUT2D eigenvalue weighted by molar-refractivity contribution is -0.139. The zero-order valence-corrected chi connectivity index (χ0v) is 17.9. The summed E-state index contributed by atoms with van der Waals surface area (Å²) in [5, 5.41) is 13.2. The molecule has 164 valence electrons. The highest BCUT2D eigenvalue weighted by molar-refractivity contribution is 8.18. The van der Waals surface area contributed by atoms with Crippen molar-refractivity contribution < 1.29 is 24.2 Å². The number of hydrogen-bond donors (Lipinski definition) is 2. The Balaban J connectivity index is 1.70. The minimum atomic E-state index is -1.06. The van der Waals surface area contributed by atoms with Gasteiger partial charge in [-0.1, -0.05) is 48.5 Å². The molecule has 8 nitrogen and oxygen atoms in total. The first-order valence-electron chi connectivity index (χ1n) is 9.63. The molecule has 32 heavy (non-hydrogen) atoms. The van der Waals surface area contributed by atoms with E-state index in [0.29, 0.717) is 15.8 Å². The average Bonchev–Trinajstić information content (AvgIpc) is 3.07. The first-order valence-corrected chi connectivity index (χ1v) is 10.5. The number of carbonyl (C=O) groups is 3. The fraction of sp³-hybridized carbons (Fsp3) is 0.130. The van der Waals surface area contributed by atoms with Crippen molar-refractivity contribution >= 4 is 40.8 Å². The van der Waals surface area contributed by atoms with Gasteiger partial charge in [0.05, 0.1) is 11.3 Å². The first kappa shape index (κ1) is 22.8. The fourth-order valence-corrected chi connectivity index (χ4v) is 3.72. The molecule has 0 spiro atoms. The number of rotatable bonds is 9. The molecule has 0 atom stereocenters. The van der Waals surface area contributed by atoms with Gasteiger partial charge in [-0.15, -0.1) is 11.7 Å². The summed E-state index contributed by atoms with van der Waals surface area (Å²) in [4.78, 5) is 37.4. The number of carbonyl (C=O) groups excluding carboxylic acids is 2. The Morgan fingerprint density at radius 2 is 1.88 bits per heavy atom. The molecule has 1 aliphatic heterocycles. The number of carboxylic acid groups (broad SMARTS) is 1. The average molecular weight is 452 g/mol. The molecule has 1 heterocycles. The van der Waals surface area contributed by atoms with E-state index >= 15 is 0 Å². The second-order valence-corrected chi connectivity index (χ2v) is 7.67. The number of nitrogens with zero attached hydrogens (tertiary/aromatic N) is 2. The molecule has 1 saturated heterocycles. The van der Waals surface area contributed by atoms with Gasteiger partial charge in [-0.3, -0.25) is 14.5 Å². The maximum Gasteiger partial charge on any atom is 0.341 e. The largest absolute Gasteiger partial charge is 0.482 e. The number of hydrogen-bond acceptors (Lipinski definition) is 6. The van der Waals surface area contributed by atoms with Crippen LogP contribution in [0.4, 0.5) is 0 Å². The van der Waals surface area contributed by atoms with Crippen LogP contribution in [0.1, 0.15) is 11.1 Å². The zero-order chi connectivity index (χ0) is 22.9. The summed E-state index contributed by atoms with van der Waals surface area (Å²) in [7, 11) is 0. The van der Waals surface area contributed by atoms with Crippen molar-refractivity contribution in [3.63, 3.8) is 0 Å². The third kappa shape index (κ3) is 6.32. The number of ether oxygens (including phenoxy) is 1. The molecule has 0 aliphatic carbocycles. The second-order valence-electron chi connectivity index (χ2n) is 6.66. The molecule has 0 aromatic heterocycles. The molecular formula is C23H21N3O5S. The molecular weight excluding hydrogens is 430 g/mol. The van der Waals surface area contributed by atoms with Gasteiger partial charge >= 0.3 is 5.97 Å². The van der Waals surface area contributed by atoms with Crippen LogP contribution in [0.25, 0.3) is 6.08 Å². The van der Waals surface area contributed by atoms with Crippen LogP contribution in [0.15, 0.2) is 77.3 Å². The zero-order valence-electron chi connectivity index (χ0n) is 17.1. The summed E-state index contributed by atoms with van der Waals surface area (Å²) in [6.07, 6.45) is 3.45. The molecule has 2 N–H and O–H groups in total. The van der Waals surface area contributed by atoms with Gasteiger partial charge in [0.15, 0.2) is 11.8 Å². The smallest absolute Gasteiger partial charge is 0.341 e. The van der Waals surface area contributed by atoms with Crippen LogP contribution in [0.5, 0.6) is 5.75 Å². The van der Waals surface area contributed by atoms with Gasteiger partial charge in [-0.2, -0.15) is 0 Å². The lowest BCUT2D eigenvalue weighted by Crippen LogP contribution is -2.31. The molecule has 3 rings (SSSR count). The Morgan fingerprint density at radius 1 is 1.16 bits per heavy atom. The van der Waals surface area contributed by atoms with Gasteiger partial charge in [0.1, 0.15) is 5.75 Å². The van der Waals surface area contributed by atoms with E-state index < -0.39 is 12.6 Å². The summed E-state index contributed by atoms with van der Waals surface area (Å²) < 4.78 is 5.11. The van der Waals surface area contributed by atoms with Crippen molar-refractivity contribution in [1.29, 1.82) is 0 Å². The van der Waals surface area contributed by atoms with Gasteiger partial charge in [0.2, 0.25) is 5.91 Å². The molecule has 0 saturated carbocycles. The molecule has 2 amide bonds. The molecule has 0 radical (unpaired) electrons. The first-order chi connectivity index (χ1) is 15.5. The number of benzene rings is 2. The minimum absolute atomic E-state index is 0.177. The van der Waals surface area contributed by atoms with Gasteiger partial charge in [0, 0.05) is 6.54 Å². The molecule has 9 heteroatoms. The number of hydrazone groups is 1. The number of amidine groups is 1. The van der Waals surface area contributed by atoms with E-state index in [1.807, 2.05) is 30.3 Å². The number of aliphatic carboxylic acids is 1. The van der Waals surface area contributed by atoms with E-state index in [0.717, 1.165) is 22.9 Å². The van der Waals surface area contributed by atoms with E-state index in [1.54, 1.807) is 36.4 Å². The lowest BCUT2D eigenvalue weighted by atomic mass is 10.1. The summed E-state index contributed by atoms with van der Waals surface area (Å²) in [5.74, 6) is -1.19. The normalized spacial score (nSPS) is 15.8. The Labute approximate surface area is 189 Å². The van der Waals surface area contributed by atoms with Crippen LogP contribution in [-0.4, -0.2) is 46.1 Å². The Morgan fingerprint density at radius 3 is 2.53 bits per heavy atom. The number of thioether (sulfide) groups is 1. The van der Waals surface area contributed by atoms with Gasteiger partial charge in [-0.25, -0.2) is 10.2 Å². The van der Waals surface area contributed by atoms with E-state index in [1.165, 1.54) is 4.90 Å². The number of amides is 2. The predicted molar refractivity (Wildman–Crippen MR) is 123 cm³/mol. The van der Waals surface area contributed by atoms with Crippen LogP contribution < -0.4 is 10.2 Å².